The van der Waals surface area contributed by atoms with Crippen LogP contribution in [0.25, 0.3) is 23.0 Å². The fourth-order valence-electron chi connectivity index (χ4n) is 5.34. The van der Waals surface area contributed by atoms with Crippen molar-refractivity contribution >= 4 is 23.4 Å². The lowest BCUT2D eigenvalue weighted by molar-refractivity contribution is -0.138. The first-order valence-electron chi connectivity index (χ1n) is 14.7. The molecule has 2 aromatic heterocycles. The number of rotatable bonds is 10. The summed E-state index contributed by atoms with van der Waals surface area (Å²) >= 11 is 1.26. The zero-order valence-electron chi connectivity index (χ0n) is 25.7. The van der Waals surface area contributed by atoms with E-state index >= 15 is 0 Å². The van der Waals surface area contributed by atoms with Crippen LogP contribution in [0.3, 0.4) is 0 Å². The number of aromatic nitrogens is 3. The number of hydrogen-bond acceptors (Lipinski definition) is 8. The van der Waals surface area contributed by atoms with E-state index in [1.165, 1.54) is 17.4 Å². The Kier molecular flexibility index (Phi) is 8.80. The zero-order chi connectivity index (χ0) is 32.2. The number of fused-ring (bicyclic) bond motifs is 1. The van der Waals surface area contributed by atoms with E-state index in [1.807, 2.05) is 85.9 Å². The second kappa shape index (κ2) is 13.3. The molecule has 6 rings (SSSR count). The van der Waals surface area contributed by atoms with E-state index in [2.05, 4.69) is 6.58 Å². The molecule has 3 heterocycles. The third kappa shape index (κ3) is 5.94. The molecule has 0 fully saturated rings. The molecule has 1 atom stereocenters. The Balaban J connectivity index is 1.52. The Morgan fingerprint density at radius 2 is 1.74 bits per heavy atom. The molecule has 0 spiro atoms. The lowest BCUT2D eigenvalue weighted by Gasteiger charge is -2.24. The molecule has 0 N–H and O–H groups in total. The number of para-hydroxylation sites is 1. The van der Waals surface area contributed by atoms with Crippen LogP contribution in [0.15, 0.2) is 119 Å². The summed E-state index contributed by atoms with van der Waals surface area (Å²) in [6, 6.07) is 24.0. The average Bonchev–Trinajstić information content (AvgIpc) is 3.64. The summed E-state index contributed by atoms with van der Waals surface area (Å²) < 4.78 is 20.2. The van der Waals surface area contributed by atoms with Crippen LogP contribution in [-0.4, -0.2) is 40.6 Å². The van der Waals surface area contributed by atoms with Gasteiger partial charge in [-0.1, -0.05) is 54.3 Å². The van der Waals surface area contributed by atoms with Gasteiger partial charge in [-0.2, -0.15) is 5.10 Å². The summed E-state index contributed by atoms with van der Waals surface area (Å²) in [5, 5.41) is 4.92. The van der Waals surface area contributed by atoms with Crippen LogP contribution in [-0.2, 0) is 9.53 Å². The minimum absolute atomic E-state index is 0.0368. The Morgan fingerprint density at radius 1 is 1.02 bits per heavy atom. The zero-order valence-corrected chi connectivity index (χ0v) is 26.5. The minimum atomic E-state index is -0.751. The Labute approximate surface area is 269 Å². The first-order chi connectivity index (χ1) is 22.4. The van der Waals surface area contributed by atoms with Crippen molar-refractivity contribution in [2.75, 3.05) is 20.3 Å². The molecule has 3 aromatic carbocycles. The third-order valence-electron chi connectivity index (χ3n) is 7.49. The molecule has 46 heavy (non-hydrogen) atoms. The highest BCUT2D eigenvalue weighted by atomic mass is 32.1. The number of carbonyl (C=O) groups is 1. The largest absolute Gasteiger partial charge is 0.497 e. The first kappa shape index (κ1) is 30.5. The van der Waals surface area contributed by atoms with Crippen molar-refractivity contribution in [2.24, 2.45) is 4.99 Å². The van der Waals surface area contributed by atoms with Crippen molar-refractivity contribution < 1.29 is 19.0 Å². The van der Waals surface area contributed by atoms with Crippen LogP contribution in [0, 0.1) is 0 Å². The van der Waals surface area contributed by atoms with Crippen molar-refractivity contribution in [3.63, 3.8) is 0 Å². The van der Waals surface area contributed by atoms with Gasteiger partial charge in [0.1, 0.15) is 23.8 Å². The lowest BCUT2D eigenvalue weighted by atomic mass is 9.96. The van der Waals surface area contributed by atoms with Crippen LogP contribution in [0.5, 0.6) is 11.5 Å². The molecule has 0 unspecified atom stereocenters. The molecule has 10 heteroatoms. The van der Waals surface area contributed by atoms with Gasteiger partial charge in [0.15, 0.2) is 4.80 Å². The number of benzene rings is 3. The second-order valence-corrected chi connectivity index (χ2v) is 11.4. The molecular weight excluding hydrogens is 600 g/mol. The van der Waals surface area contributed by atoms with E-state index in [0.717, 1.165) is 28.1 Å². The highest BCUT2D eigenvalue weighted by Crippen LogP contribution is 2.32. The fourth-order valence-corrected chi connectivity index (χ4v) is 6.38. The molecular formula is C36H32N4O5S. The highest BCUT2D eigenvalue weighted by molar-refractivity contribution is 7.07. The van der Waals surface area contributed by atoms with Gasteiger partial charge in [-0.3, -0.25) is 9.36 Å². The van der Waals surface area contributed by atoms with E-state index in [1.54, 1.807) is 35.4 Å². The van der Waals surface area contributed by atoms with Crippen molar-refractivity contribution in [1.82, 2.24) is 14.3 Å². The third-order valence-corrected chi connectivity index (χ3v) is 8.48. The molecule has 1 aliphatic rings. The quantitative estimate of drug-likeness (QED) is 0.155. The molecule has 0 aliphatic carbocycles. The number of thiazole rings is 1. The number of allylic oxidation sites excluding steroid dienone is 1. The predicted molar refractivity (Wildman–Crippen MR) is 178 cm³/mol. The Hall–Kier alpha value is -5.48. The summed E-state index contributed by atoms with van der Waals surface area (Å²) in [7, 11) is 1.59. The lowest BCUT2D eigenvalue weighted by Crippen LogP contribution is -2.39. The van der Waals surface area contributed by atoms with Gasteiger partial charge >= 0.3 is 5.97 Å². The number of hydrogen-bond donors (Lipinski definition) is 0. The topological polar surface area (TPSA) is 96.9 Å². The van der Waals surface area contributed by atoms with E-state index in [4.69, 9.17) is 24.3 Å². The molecule has 0 bridgehead atoms. The van der Waals surface area contributed by atoms with Crippen molar-refractivity contribution in [2.45, 2.75) is 19.9 Å². The maximum Gasteiger partial charge on any atom is 0.338 e. The van der Waals surface area contributed by atoms with Gasteiger partial charge < -0.3 is 14.2 Å². The minimum Gasteiger partial charge on any atom is -0.497 e. The van der Waals surface area contributed by atoms with E-state index in [-0.39, 0.29) is 17.7 Å². The van der Waals surface area contributed by atoms with Gasteiger partial charge in [0.05, 0.1) is 41.2 Å². The van der Waals surface area contributed by atoms with Gasteiger partial charge in [-0.25, -0.2) is 14.5 Å². The molecule has 0 saturated heterocycles. The molecule has 232 valence electrons. The molecule has 0 amide bonds. The maximum absolute atomic E-state index is 14.3. The van der Waals surface area contributed by atoms with Gasteiger partial charge in [0.2, 0.25) is 0 Å². The van der Waals surface area contributed by atoms with Crippen LogP contribution < -0.4 is 24.4 Å². The smallest absolute Gasteiger partial charge is 0.338 e. The standard InChI is InChI=1S/C36H32N4O5S/c1-5-20-45-35(42)31-23(3)37-36-40(33(31)25-14-16-28(43-4)17-15-25)34(41)30(46-36)21-26-22-39(27-10-8-7-9-11-27)38-32(26)24-12-18-29(19-13-24)44-6-2/h5,7-19,21-22,33H,1,6,20H2,2-4H3/b30-21-/t33-/m0/s1. The molecule has 0 saturated carbocycles. The van der Waals surface area contributed by atoms with Crippen molar-refractivity contribution in [3.8, 4) is 28.4 Å². The SMILES string of the molecule is C=CCOC(=O)C1=C(C)N=c2s/c(=C\c3cn(-c4ccccc4)nc3-c3ccc(OCC)cc3)c(=O)n2[C@H]1c1ccc(OC)cc1. The van der Waals surface area contributed by atoms with E-state index in [0.29, 0.717) is 33.1 Å². The number of ether oxygens (including phenoxy) is 3. The normalized spacial score (nSPS) is 14.4. The monoisotopic (exact) mass is 632 g/mol. The summed E-state index contributed by atoms with van der Waals surface area (Å²) in [5.41, 5.74) is 4.42. The van der Waals surface area contributed by atoms with Gasteiger partial charge in [-0.05, 0) is 74.0 Å². The summed E-state index contributed by atoms with van der Waals surface area (Å²) in [4.78, 5) is 32.8. The Morgan fingerprint density at radius 3 is 2.41 bits per heavy atom. The number of nitrogens with zero attached hydrogens (tertiary/aromatic N) is 4. The highest BCUT2D eigenvalue weighted by Gasteiger charge is 2.33. The summed E-state index contributed by atoms with van der Waals surface area (Å²) in [6.45, 7) is 7.95. The predicted octanol–water partition coefficient (Wildman–Crippen LogP) is 5.22. The first-order valence-corrected chi connectivity index (χ1v) is 15.6. The maximum atomic E-state index is 14.3. The molecule has 5 aromatic rings. The van der Waals surface area contributed by atoms with Gasteiger partial charge in [0.25, 0.3) is 5.56 Å². The van der Waals surface area contributed by atoms with Crippen LogP contribution in [0.4, 0.5) is 0 Å². The van der Waals surface area contributed by atoms with Crippen molar-refractivity contribution in [1.29, 1.82) is 0 Å². The number of carbonyl (C=O) groups excluding carboxylic acids is 1. The summed E-state index contributed by atoms with van der Waals surface area (Å²) in [5.74, 6) is 0.864. The van der Waals surface area contributed by atoms with E-state index < -0.39 is 12.0 Å². The number of esters is 1. The number of methoxy groups -OCH3 is 1. The molecule has 1 aliphatic heterocycles. The average molecular weight is 633 g/mol. The van der Waals surface area contributed by atoms with Gasteiger partial charge in [-0.15, -0.1) is 0 Å². The van der Waals surface area contributed by atoms with E-state index in [9.17, 15) is 9.59 Å². The Bertz CT molecular complexity index is 2110. The molecule has 9 nitrogen and oxygen atoms in total. The van der Waals surface area contributed by atoms with Crippen LogP contribution in [0.2, 0.25) is 0 Å². The van der Waals surface area contributed by atoms with Crippen LogP contribution in [0.1, 0.15) is 31.0 Å². The van der Waals surface area contributed by atoms with Crippen molar-refractivity contribution in [3.05, 3.63) is 140 Å². The van der Waals surface area contributed by atoms with Crippen LogP contribution >= 0.6 is 11.3 Å². The van der Waals surface area contributed by atoms with Gasteiger partial charge in [0, 0.05) is 17.3 Å². The second-order valence-electron chi connectivity index (χ2n) is 10.4. The fraction of sp³-hybridized carbons (Fsp3) is 0.167. The molecule has 0 radical (unpaired) electrons. The summed E-state index contributed by atoms with van der Waals surface area (Å²) in [6.07, 6.45) is 5.24.